The molecule has 0 aromatic heterocycles. The lowest BCUT2D eigenvalue weighted by Gasteiger charge is -2.28. The summed E-state index contributed by atoms with van der Waals surface area (Å²) in [5.41, 5.74) is 1.01. The Morgan fingerprint density at radius 1 is 1.26 bits per heavy atom. The molecule has 0 aliphatic rings. The van der Waals surface area contributed by atoms with E-state index < -0.39 is 0 Å². The van der Waals surface area contributed by atoms with Crippen LogP contribution in [-0.4, -0.2) is 30.1 Å². The van der Waals surface area contributed by atoms with E-state index in [-0.39, 0.29) is 18.1 Å². The standard InChI is InChI=1S/C15H24N2O2/c1-11(2)16-15(18)17(12(3)4)10-13-8-6-7-9-14(13)19-5/h6-9,11-12H,10H2,1-5H3,(H,16,18). The Labute approximate surface area is 115 Å². The van der Waals surface area contributed by atoms with E-state index in [0.29, 0.717) is 6.54 Å². The number of urea groups is 1. The molecule has 0 saturated carbocycles. The van der Waals surface area contributed by atoms with Crippen LogP contribution in [-0.2, 0) is 6.54 Å². The summed E-state index contributed by atoms with van der Waals surface area (Å²) >= 11 is 0. The number of carbonyl (C=O) groups is 1. The van der Waals surface area contributed by atoms with E-state index in [1.165, 1.54) is 0 Å². The summed E-state index contributed by atoms with van der Waals surface area (Å²) < 4.78 is 5.33. The van der Waals surface area contributed by atoms with E-state index in [1.807, 2.05) is 52.0 Å². The Kier molecular flexibility index (Phi) is 5.67. The van der Waals surface area contributed by atoms with Gasteiger partial charge in [0.05, 0.1) is 13.7 Å². The lowest BCUT2D eigenvalue weighted by molar-refractivity contribution is 0.176. The Balaban J connectivity index is 2.87. The van der Waals surface area contributed by atoms with Crippen LogP contribution in [0.25, 0.3) is 0 Å². The Bertz CT molecular complexity index is 416. The first-order valence-corrected chi connectivity index (χ1v) is 6.64. The molecule has 0 unspecified atom stereocenters. The number of hydrogen-bond acceptors (Lipinski definition) is 2. The first-order chi connectivity index (χ1) is 8.95. The van der Waals surface area contributed by atoms with Gasteiger partial charge in [0.15, 0.2) is 0 Å². The number of para-hydroxylation sites is 1. The van der Waals surface area contributed by atoms with Crippen molar-refractivity contribution in [1.82, 2.24) is 10.2 Å². The maximum absolute atomic E-state index is 12.2. The first-order valence-electron chi connectivity index (χ1n) is 6.64. The summed E-state index contributed by atoms with van der Waals surface area (Å²) in [5.74, 6) is 0.811. The molecule has 0 radical (unpaired) electrons. The maximum Gasteiger partial charge on any atom is 0.318 e. The van der Waals surface area contributed by atoms with Crippen molar-refractivity contribution in [3.05, 3.63) is 29.8 Å². The second kappa shape index (κ2) is 7.02. The van der Waals surface area contributed by atoms with Crippen molar-refractivity contribution in [3.63, 3.8) is 0 Å². The lowest BCUT2D eigenvalue weighted by atomic mass is 10.1. The van der Waals surface area contributed by atoms with E-state index >= 15 is 0 Å². The van der Waals surface area contributed by atoms with Crippen molar-refractivity contribution in [3.8, 4) is 5.75 Å². The molecule has 0 heterocycles. The summed E-state index contributed by atoms with van der Waals surface area (Å²) in [6.07, 6.45) is 0. The van der Waals surface area contributed by atoms with Gasteiger partial charge in [-0.05, 0) is 33.8 Å². The van der Waals surface area contributed by atoms with Crippen molar-refractivity contribution in [2.75, 3.05) is 7.11 Å². The number of rotatable bonds is 5. The minimum Gasteiger partial charge on any atom is -0.496 e. The summed E-state index contributed by atoms with van der Waals surface area (Å²) in [6.45, 7) is 8.48. The molecule has 0 atom stereocenters. The summed E-state index contributed by atoms with van der Waals surface area (Å²) in [7, 11) is 1.65. The van der Waals surface area contributed by atoms with Crippen molar-refractivity contribution in [1.29, 1.82) is 0 Å². The van der Waals surface area contributed by atoms with Crippen LogP contribution >= 0.6 is 0 Å². The average molecular weight is 264 g/mol. The normalized spacial score (nSPS) is 10.7. The molecular weight excluding hydrogens is 240 g/mol. The highest BCUT2D eigenvalue weighted by atomic mass is 16.5. The molecule has 106 valence electrons. The molecule has 19 heavy (non-hydrogen) atoms. The number of hydrogen-bond donors (Lipinski definition) is 1. The fraction of sp³-hybridized carbons (Fsp3) is 0.533. The van der Waals surface area contributed by atoms with Gasteiger partial charge in [-0.3, -0.25) is 0 Å². The smallest absolute Gasteiger partial charge is 0.318 e. The molecule has 4 heteroatoms. The zero-order valence-electron chi connectivity index (χ0n) is 12.4. The highest BCUT2D eigenvalue weighted by Crippen LogP contribution is 2.20. The molecule has 1 aromatic carbocycles. The molecule has 1 rings (SSSR count). The predicted octanol–water partition coefficient (Wildman–Crippen LogP) is 3.02. The van der Waals surface area contributed by atoms with Gasteiger partial charge >= 0.3 is 6.03 Å². The quantitative estimate of drug-likeness (QED) is 0.888. The van der Waals surface area contributed by atoms with Crippen LogP contribution in [0.4, 0.5) is 4.79 Å². The summed E-state index contributed by atoms with van der Waals surface area (Å²) in [4.78, 5) is 14.0. The van der Waals surface area contributed by atoms with E-state index in [1.54, 1.807) is 12.0 Å². The van der Waals surface area contributed by atoms with Gasteiger partial charge in [-0.1, -0.05) is 18.2 Å². The minimum absolute atomic E-state index is 0.0455. The number of nitrogens with one attached hydrogen (secondary N) is 1. The fourth-order valence-electron chi connectivity index (χ4n) is 1.84. The predicted molar refractivity (Wildman–Crippen MR) is 77.3 cm³/mol. The zero-order valence-corrected chi connectivity index (χ0v) is 12.4. The van der Waals surface area contributed by atoms with Crippen LogP contribution in [0, 0.1) is 0 Å². The Hall–Kier alpha value is -1.71. The number of carbonyl (C=O) groups excluding carboxylic acids is 1. The van der Waals surface area contributed by atoms with Gasteiger partial charge in [-0.25, -0.2) is 4.79 Å². The van der Waals surface area contributed by atoms with Crippen molar-refractivity contribution in [2.45, 2.75) is 46.3 Å². The molecule has 0 aliphatic heterocycles. The molecular formula is C15H24N2O2. The third-order valence-electron chi connectivity index (χ3n) is 2.83. The molecule has 1 N–H and O–H groups in total. The minimum atomic E-state index is -0.0455. The van der Waals surface area contributed by atoms with Gasteiger partial charge in [-0.15, -0.1) is 0 Å². The van der Waals surface area contributed by atoms with E-state index in [9.17, 15) is 4.79 Å². The van der Waals surface area contributed by atoms with Crippen LogP contribution in [0.3, 0.4) is 0 Å². The topological polar surface area (TPSA) is 41.6 Å². The highest BCUT2D eigenvalue weighted by molar-refractivity contribution is 5.74. The van der Waals surface area contributed by atoms with Gasteiger partial charge < -0.3 is 15.0 Å². The largest absolute Gasteiger partial charge is 0.496 e. The van der Waals surface area contributed by atoms with Crippen LogP contribution in [0.2, 0.25) is 0 Å². The van der Waals surface area contributed by atoms with Crippen molar-refractivity contribution < 1.29 is 9.53 Å². The molecule has 4 nitrogen and oxygen atoms in total. The number of benzene rings is 1. The van der Waals surface area contributed by atoms with E-state index in [0.717, 1.165) is 11.3 Å². The lowest BCUT2D eigenvalue weighted by Crippen LogP contribution is -2.45. The molecule has 0 aliphatic carbocycles. The SMILES string of the molecule is COc1ccccc1CN(C(=O)NC(C)C)C(C)C. The molecule has 2 amide bonds. The monoisotopic (exact) mass is 264 g/mol. The molecule has 1 aromatic rings. The molecule has 0 fully saturated rings. The van der Waals surface area contributed by atoms with Crippen LogP contribution < -0.4 is 10.1 Å². The zero-order chi connectivity index (χ0) is 14.4. The van der Waals surface area contributed by atoms with Gasteiger partial charge in [0.1, 0.15) is 5.75 Å². The fourth-order valence-corrected chi connectivity index (χ4v) is 1.84. The molecule has 0 spiro atoms. The van der Waals surface area contributed by atoms with Crippen molar-refractivity contribution in [2.24, 2.45) is 0 Å². The Morgan fingerprint density at radius 3 is 2.42 bits per heavy atom. The van der Waals surface area contributed by atoms with Crippen LogP contribution in [0.5, 0.6) is 5.75 Å². The van der Waals surface area contributed by atoms with Crippen LogP contribution in [0.1, 0.15) is 33.3 Å². The Morgan fingerprint density at radius 2 is 1.89 bits per heavy atom. The number of amides is 2. The first kappa shape index (κ1) is 15.3. The van der Waals surface area contributed by atoms with Crippen molar-refractivity contribution >= 4 is 6.03 Å². The maximum atomic E-state index is 12.2. The van der Waals surface area contributed by atoms with Gasteiger partial charge in [-0.2, -0.15) is 0 Å². The second-order valence-electron chi connectivity index (χ2n) is 5.14. The second-order valence-corrected chi connectivity index (χ2v) is 5.14. The van der Waals surface area contributed by atoms with Gasteiger partial charge in [0, 0.05) is 17.6 Å². The van der Waals surface area contributed by atoms with Gasteiger partial charge in [0.2, 0.25) is 0 Å². The molecule has 0 bridgehead atoms. The highest BCUT2D eigenvalue weighted by Gasteiger charge is 2.19. The average Bonchev–Trinajstić information content (AvgIpc) is 2.34. The summed E-state index contributed by atoms with van der Waals surface area (Å²) in [5, 5.41) is 2.93. The van der Waals surface area contributed by atoms with E-state index in [2.05, 4.69) is 5.32 Å². The number of nitrogens with zero attached hydrogens (tertiary/aromatic N) is 1. The van der Waals surface area contributed by atoms with Crippen LogP contribution in [0.15, 0.2) is 24.3 Å². The third kappa shape index (κ3) is 4.47. The molecule has 0 saturated heterocycles. The summed E-state index contributed by atoms with van der Waals surface area (Å²) in [6, 6.07) is 7.99. The number of methoxy groups -OCH3 is 1. The van der Waals surface area contributed by atoms with E-state index in [4.69, 9.17) is 4.74 Å². The third-order valence-corrected chi connectivity index (χ3v) is 2.83. The number of ether oxygens (including phenoxy) is 1. The van der Waals surface area contributed by atoms with Gasteiger partial charge in [0.25, 0.3) is 0 Å².